The Morgan fingerprint density at radius 3 is 3.09 bits per heavy atom. The number of halogens is 1. The molecule has 0 aromatic rings. The number of carboxylic acid groups (broad SMARTS) is 1. The van der Waals surface area contributed by atoms with Gasteiger partial charge in [-0.3, -0.25) is 0 Å². The molecule has 0 unspecified atom stereocenters. The first kappa shape index (κ1) is 8.14. The molecule has 60 valence electrons. The van der Waals surface area contributed by atoms with Crippen LogP contribution in [0.4, 0.5) is 0 Å². The van der Waals surface area contributed by atoms with Crippen LogP contribution in [0.3, 0.4) is 0 Å². The van der Waals surface area contributed by atoms with Crippen molar-refractivity contribution in [2.24, 2.45) is 0 Å². The van der Waals surface area contributed by atoms with Crippen LogP contribution in [0.15, 0.2) is 23.9 Å². The smallest absolute Gasteiger partial charge is 0.333 e. The maximum Gasteiger partial charge on any atom is 0.333 e. The first-order valence-corrected chi connectivity index (χ1v) is 3.68. The molecule has 0 radical (unpaired) electrons. The average molecular weight is 174 g/mol. The summed E-state index contributed by atoms with van der Waals surface area (Å²) < 4.78 is 0. The van der Waals surface area contributed by atoms with Gasteiger partial charge >= 0.3 is 5.97 Å². The normalized spacial score (nSPS) is 16.5. The van der Waals surface area contributed by atoms with Gasteiger partial charge in [-0.25, -0.2) is 4.79 Å². The highest BCUT2D eigenvalue weighted by atomic mass is 35.5. The number of hydrogen-bond donors (Lipinski definition) is 1. The molecule has 0 spiro atoms. The highest BCUT2D eigenvalue weighted by molar-refractivity contribution is 6.17. The quantitative estimate of drug-likeness (QED) is 0.501. The minimum atomic E-state index is -0.885. The summed E-state index contributed by atoms with van der Waals surface area (Å²) in [5, 5.41) is 8.58. The van der Waals surface area contributed by atoms with E-state index >= 15 is 0 Å². The van der Waals surface area contributed by atoms with Gasteiger partial charge in [0.1, 0.15) is 0 Å². The number of nitrogens with zero attached hydrogens (tertiary/aromatic N) is 1. The van der Waals surface area contributed by atoms with Gasteiger partial charge in [0.25, 0.3) is 0 Å². The topological polar surface area (TPSA) is 40.5 Å². The molecule has 1 aliphatic heterocycles. The first-order valence-electron chi connectivity index (χ1n) is 3.14. The van der Waals surface area contributed by atoms with Gasteiger partial charge in [0.05, 0.1) is 18.1 Å². The van der Waals surface area contributed by atoms with Crippen molar-refractivity contribution >= 4 is 17.6 Å². The Labute approximate surface area is 69.6 Å². The summed E-state index contributed by atoms with van der Waals surface area (Å²) >= 11 is 5.50. The molecule has 0 saturated carbocycles. The summed E-state index contributed by atoms with van der Waals surface area (Å²) in [4.78, 5) is 12.2. The van der Waals surface area contributed by atoms with E-state index in [0.29, 0.717) is 18.1 Å². The Morgan fingerprint density at radius 1 is 1.82 bits per heavy atom. The van der Waals surface area contributed by atoms with E-state index in [4.69, 9.17) is 16.7 Å². The van der Waals surface area contributed by atoms with E-state index in [0.717, 1.165) is 0 Å². The van der Waals surface area contributed by atoms with Gasteiger partial charge in [0.15, 0.2) is 0 Å². The maximum atomic E-state index is 10.4. The molecule has 1 aliphatic rings. The van der Waals surface area contributed by atoms with Crippen LogP contribution in [0, 0.1) is 0 Å². The van der Waals surface area contributed by atoms with Crippen molar-refractivity contribution in [1.29, 1.82) is 0 Å². The van der Waals surface area contributed by atoms with E-state index in [1.165, 1.54) is 0 Å². The van der Waals surface area contributed by atoms with Crippen LogP contribution < -0.4 is 0 Å². The Bertz CT molecular complexity index is 222. The zero-order chi connectivity index (χ0) is 8.27. The third kappa shape index (κ3) is 1.98. The second-order valence-electron chi connectivity index (χ2n) is 2.20. The highest BCUT2D eigenvalue weighted by Gasteiger charge is 2.11. The van der Waals surface area contributed by atoms with Crippen LogP contribution in [0.2, 0.25) is 0 Å². The fraction of sp³-hybridized carbons (Fsp3) is 0.286. The Balaban J connectivity index is 2.64. The van der Waals surface area contributed by atoms with Crippen molar-refractivity contribution in [3.63, 3.8) is 0 Å². The van der Waals surface area contributed by atoms with E-state index in [2.05, 4.69) is 0 Å². The molecule has 0 aromatic carbocycles. The van der Waals surface area contributed by atoms with Crippen LogP contribution in [0.25, 0.3) is 0 Å². The van der Waals surface area contributed by atoms with Crippen molar-refractivity contribution < 1.29 is 9.90 Å². The first-order chi connectivity index (χ1) is 5.24. The van der Waals surface area contributed by atoms with E-state index in [9.17, 15) is 4.79 Å². The Morgan fingerprint density at radius 2 is 2.55 bits per heavy atom. The summed E-state index contributed by atoms with van der Waals surface area (Å²) in [6, 6.07) is 0.321. The number of aliphatic carboxylic acids is 1. The van der Waals surface area contributed by atoms with Crippen molar-refractivity contribution in [3.05, 3.63) is 23.9 Å². The SMILES string of the molecule is O=C(O)C1=CC=CN(CCl)C1. The maximum absolute atomic E-state index is 10.4. The monoisotopic (exact) mass is 173 g/mol. The van der Waals surface area contributed by atoms with Gasteiger partial charge in [-0.15, -0.1) is 11.6 Å². The predicted molar refractivity (Wildman–Crippen MR) is 42.3 cm³/mol. The van der Waals surface area contributed by atoms with Crippen LogP contribution in [-0.4, -0.2) is 28.5 Å². The Hall–Kier alpha value is -0.960. The van der Waals surface area contributed by atoms with Gasteiger partial charge in [-0.2, -0.15) is 0 Å². The molecule has 0 aliphatic carbocycles. The van der Waals surface area contributed by atoms with Gasteiger partial charge in [0, 0.05) is 6.20 Å². The van der Waals surface area contributed by atoms with E-state index in [1.807, 2.05) is 0 Å². The molecule has 1 rings (SSSR count). The fourth-order valence-electron chi connectivity index (χ4n) is 0.826. The second-order valence-corrected chi connectivity index (χ2v) is 2.44. The molecule has 0 aromatic heterocycles. The highest BCUT2D eigenvalue weighted by Crippen LogP contribution is 2.07. The molecule has 0 saturated heterocycles. The summed E-state index contributed by atoms with van der Waals surface area (Å²) in [7, 11) is 0. The Kier molecular flexibility index (Phi) is 2.54. The van der Waals surface area contributed by atoms with Gasteiger partial charge in [0.2, 0.25) is 0 Å². The minimum Gasteiger partial charge on any atom is -0.478 e. The number of carbonyl (C=O) groups is 1. The summed E-state index contributed by atoms with van der Waals surface area (Å²) in [6.45, 7) is 0.384. The molecule has 11 heavy (non-hydrogen) atoms. The zero-order valence-corrected chi connectivity index (χ0v) is 6.58. The second kappa shape index (κ2) is 3.44. The lowest BCUT2D eigenvalue weighted by molar-refractivity contribution is -0.132. The van der Waals surface area contributed by atoms with Crippen LogP contribution in [0.1, 0.15) is 0 Å². The molecular formula is C7H8ClNO2. The molecule has 3 nitrogen and oxygen atoms in total. The largest absolute Gasteiger partial charge is 0.478 e. The molecule has 1 heterocycles. The number of carboxylic acids is 1. The number of alkyl halides is 1. The zero-order valence-electron chi connectivity index (χ0n) is 5.83. The standard InChI is InChI=1S/C7H8ClNO2/c8-5-9-3-1-2-6(4-9)7(10)11/h1-3H,4-5H2,(H,10,11). The molecule has 4 heteroatoms. The molecule has 0 amide bonds. The van der Waals surface area contributed by atoms with Gasteiger partial charge < -0.3 is 10.0 Å². The lowest BCUT2D eigenvalue weighted by Gasteiger charge is -2.19. The lowest BCUT2D eigenvalue weighted by Crippen LogP contribution is -2.23. The number of hydrogen-bond acceptors (Lipinski definition) is 2. The number of allylic oxidation sites excluding steroid dienone is 2. The molecule has 1 N–H and O–H groups in total. The van der Waals surface area contributed by atoms with E-state index < -0.39 is 5.97 Å². The van der Waals surface area contributed by atoms with E-state index in [1.54, 1.807) is 23.3 Å². The van der Waals surface area contributed by atoms with E-state index in [-0.39, 0.29) is 0 Å². The number of rotatable bonds is 2. The lowest BCUT2D eigenvalue weighted by atomic mass is 10.2. The average Bonchev–Trinajstić information content (AvgIpc) is 2.05. The molecule has 0 atom stereocenters. The molecular weight excluding hydrogens is 166 g/mol. The van der Waals surface area contributed by atoms with Crippen LogP contribution in [0.5, 0.6) is 0 Å². The summed E-state index contributed by atoms with van der Waals surface area (Å²) in [6.07, 6.45) is 5.01. The third-order valence-corrected chi connectivity index (χ3v) is 1.70. The van der Waals surface area contributed by atoms with Crippen LogP contribution in [-0.2, 0) is 4.79 Å². The summed E-state index contributed by atoms with van der Waals surface area (Å²) in [5.41, 5.74) is 0.369. The fourth-order valence-corrected chi connectivity index (χ4v) is 0.990. The van der Waals surface area contributed by atoms with Crippen LogP contribution >= 0.6 is 11.6 Å². The van der Waals surface area contributed by atoms with Crippen molar-refractivity contribution in [3.8, 4) is 0 Å². The predicted octanol–water partition coefficient (Wildman–Crippen LogP) is 1.02. The van der Waals surface area contributed by atoms with Gasteiger partial charge in [-0.1, -0.05) is 0 Å². The van der Waals surface area contributed by atoms with Crippen molar-refractivity contribution in [1.82, 2.24) is 4.90 Å². The minimum absolute atomic E-state index is 0.321. The van der Waals surface area contributed by atoms with Crippen molar-refractivity contribution in [2.75, 3.05) is 12.5 Å². The third-order valence-electron chi connectivity index (χ3n) is 1.40. The summed E-state index contributed by atoms with van der Waals surface area (Å²) in [5.74, 6) is -0.885. The van der Waals surface area contributed by atoms with Crippen molar-refractivity contribution in [2.45, 2.75) is 0 Å². The molecule has 0 bridgehead atoms. The van der Waals surface area contributed by atoms with Gasteiger partial charge in [-0.05, 0) is 12.2 Å². The molecule has 0 fully saturated rings.